The Morgan fingerprint density at radius 1 is 1.22 bits per heavy atom. The second kappa shape index (κ2) is 9.76. The number of ether oxygens (including phenoxy) is 1. The van der Waals surface area contributed by atoms with Crippen LogP contribution in [0.1, 0.15) is 37.3 Å². The summed E-state index contributed by atoms with van der Waals surface area (Å²) >= 11 is 0. The molecule has 5 nitrogen and oxygen atoms in total. The summed E-state index contributed by atoms with van der Waals surface area (Å²) in [4.78, 5) is 18.5. The van der Waals surface area contributed by atoms with Gasteiger partial charge in [0.25, 0.3) is 0 Å². The van der Waals surface area contributed by atoms with Crippen LogP contribution in [-0.4, -0.2) is 36.0 Å². The van der Waals surface area contributed by atoms with Crippen LogP contribution >= 0.6 is 0 Å². The van der Waals surface area contributed by atoms with E-state index in [1.807, 2.05) is 47.5 Å². The van der Waals surface area contributed by atoms with Crippen LogP contribution < -0.4 is 10.1 Å². The fourth-order valence-corrected chi connectivity index (χ4v) is 3.27. The summed E-state index contributed by atoms with van der Waals surface area (Å²) in [5.74, 6) is 0.939. The van der Waals surface area contributed by atoms with Gasteiger partial charge in [-0.05, 0) is 67.7 Å². The Morgan fingerprint density at radius 2 is 2.00 bits per heavy atom. The lowest BCUT2D eigenvalue weighted by atomic mass is 10.0. The van der Waals surface area contributed by atoms with E-state index in [1.165, 1.54) is 6.42 Å². The van der Waals surface area contributed by atoms with E-state index in [0.29, 0.717) is 6.42 Å². The third-order valence-corrected chi connectivity index (χ3v) is 4.82. The number of likely N-dealkylation sites (tertiary alicyclic amines) is 1. The molecule has 0 radical (unpaired) electrons. The van der Waals surface area contributed by atoms with Gasteiger partial charge in [-0.3, -0.25) is 9.78 Å². The summed E-state index contributed by atoms with van der Waals surface area (Å²) in [5.41, 5.74) is 2.09. The van der Waals surface area contributed by atoms with E-state index in [9.17, 15) is 4.79 Å². The number of amides is 1. The highest BCUT2D eigenvalue weighted by molar-refractivity contribution is 5.87. The number of benzene rings is 1. The number of nitrogens with one attached hydrogen (secondary N) is 1. The van der Waals surface area contributed by atoms with Gasteiger partial charge >= 0.3 is 0 Å². The summed E-state index contributed by atoms with van der Waals surface area (Å²) in [6, 6.07) is 11.9. The molecule has 1 aromatic carbocycles. The van der Waals surface area contributed by atoms with Gasteiger partial charge in [-0.1, -0.05) is 12.1 Å². The van der Waals surface area contributed by atoms with Crippen molar-refractivity contribution in [2.45, 2.75) is 31.7 Å². The quantitative estimate of drug-likeness (QED) is 0.747. The first-order chi connectivity index (χ1) is 13.3. The van der Waals surface area contributed by atoms with E-state index < -0.39 is 0 Å². The van der Waals surface area contributed by atoms with Gasteiger partial charge in [0.1, 0.15) is 5.75 Å². The molecule has 1 atom stereocenters. The Labute approximate surface area is 161 Å². The number of methoxy groups -OCH3 is 1. The van der Waals surface area contributed by atoms with Crippen molar-refractivity contribution in [1.82, 2.24) is 9.88 Å². The Hall–Kier alpha value is -2.82. The number of pyridine rings is 1. The molecule has 0 aliphatic carbocycles. The number of carbonyl (C=O) groups excluding carboxylic acids is 1. The summed E-state index contributed by atoms with van der Waals surface area (Å²) in [5, 5.41) is 3.53. The molecule has 1 N–H and O–H groups in total. The zero-order valence-corrected chi connectivity index (χ0v) is 15.8. The Balaban J connectivity index is 1.66. The van der Waals surface area contributed by atoms with Crippen molar-refractivity contribution in [3.63, 3.8) is 0 Å². The molecule has 1 amide bonds. The van der Waals surface area contributed by atoms with Crippen LogP contribution in [0.2, 0.25) is 0 Å². The number of piperidine rings is 1. The van der Waals surface area contributed by atoms with Crippen LogP contribution in [0.15, 0.2) is 60.9 Å². The van der Waals surface area contributed by atoms with Crippen molar-refractivity contribution in [3.8, 4) is 5.75 Å². The molecule has 27 heavy (non-hydrogen) atoms. The first kappa shape index (κ1) is 19.0. The zero-order chi connectivity index (χ0) is 18.9. The summed E-state index contributed by atoms with van der Waals surface area (Å²) < 4.78 is 5.22. The third-order valence-electron chi connectivity index (χ3n) is 4.82. The highest BCUT2D eigenvalue weighted by Crippen LogP contribution is 2.24. The first-order valence-corrected chi connectivity index (χ1v) is 9.52. The summed E-state index contributed by atoms with van der Waals surface area (Å²) in [6.45, 7) is 1.75. The van der Waals surface area contributed by atoms with Crippen molar-refractivity contribution in [2.75, 3.05) is 25.5 Å². The summed E-state index contributed by atoms with van der Waals surface area (Å²) in [7, 11) is 1.66. The molecular formula is C22H27N3O2. The van der Waals surface area contributed by atoms with E-state index in [1.54, 1.807) is 19.4 Å². The molecule has 1 fully saturated rings. The maximum Gasteiger partial charge on any atom is 0.246 e. The molecule has 2 heterocycles. The molecule has 1 saturated heterocycles. The fourth-order valence-electron chi connectivity index (χ4n) is 3.27. The minimum absolute atomic E-state index is 0.0394. The molecule has 1 aliphatic heterocycles. The number of anilines is 1. The number of aromatic nitrogens is 1. The van der Waals surface area contributed by atoms with Crippen molar-refractivity contribution >= 4 is 11.6 Å². The zero-order valence-electron chi connectivity index (χ0n) is 15.8. The average molecular weight is 365 g/mol. The molecule has 0 spiro atoms. The van der Waals surface area contributed by atoms with Gasteiger partial charge in [0.2, 0.25) is 5.91 Å². The minimum Gasteiger partial charge on any atom is -0.497 e. The second-order valence-electron chi connectivity index (χ2n) is 6.74. The molecule has 0 bridgehead atoms. The highest BCUT2D eigenvalue weighted by atomic mass is 16.5. The van der Waals surface area contributed by atoms with E-state index in [0.717, 1.165) is 42.9 Å². The van der Waals surface area contributed by atoms with Crippen LogP contribution in [0.3, 0.4) is 0 Å². The SMILES string of the molecule is COc1ccc(NC(C/C=C/C(=O)N2CCCCC2)c2cccnc2)cc1. The molecule has 142 valence electrons. The van der Waals surface area contributed by atoms with Crippen molar-refractivity contribution in [2.24, 2.45) is 0 Å². The van der Waals surface area contributed by atoms with E-state index >= 15 is 0 Å². The molecule has 1 aliphatic rings. The smallest absolute Gasteiger partial charge is 0.246 e. The topological polar surface area (TPSA) is 54.5 Å². The molecule has 1 aromatic heterocycles. The monoisotopic (exact) mass is 365 g/mol. The Morgan fingerprint density at radius 3 is 2.67 bits per heavy atom. The van der Waals surface area contributed by atoms with Gasteiger partial charge in [0.05, 0.1) is 13.2 Å². The normalized spacial score (nSPS) is 15.5. The molecule has 5 heteroatoms. The van der Waals surface area contributed by atoms with Crippen LogP contribution in [0, 0.1) is 0 Å². The largest absolute Gasteiger partial charge is 0.497 e. The minimum atomic E-state index is 0.0394. The van der Waals surface area contributed by atoms with E-state index in [2.05, 4.69) is 16.4 Å². The fraction of sp³-hybridized carbons (Fsp3) is 0.364. The van der Waals surface area contributed by atoms with E-state index in [-0.39, 0.29) is 11.9 Å². The van der Waals surface area contributed by atoms with Gasteiger partial charge in [-0.2, -0.15) is 0 Å². The van der Waals surface area contributed by atoms with Gasteiger partial charge < -0.3 is 15.0 Å². The van der Waals surface area contributed by atoms with Gasteiger partial charge in [0, 0.05) is 31.2 Å². The highest BCUT2D eigenvalue weighted by Gasteiger charge is 2.14. The lowest BCUT2D eigenvalue weighted by Gasteiger charge is -2.25. The molecule has 2 aromatic rings. The maximum atomic E-state index is 12.3. The van der Waals surface area contributed by atoms with Crippen LogP contribution in [0.25, 0.3) is 0 Å². The number of carbonyl (C=O) groups is 1. The van der Waals surface area contributed by atoms with E-state index in [4.69, 9.17) is 4.74 Å². The lowest BCUT2D eigenvalue weighted by Crippen LogP contribution is -2.34. The van der Waals surface area contributed by atoms with Crippen molar-refractivity contribution in [3.05, 3.63) is 66.5 Å². The van der Waals surface area contributed by atoms with Gasteiger partial charge in [-0.25, -0.2) is 0 Å². The van der Waals surface area contributed by atoms with Crippen molar-refractivity contribution in [1.29, 1.82) is 0 Å². The van der Waals surface area contributed by atoms with Crippen LogP contribution in [-0.2, 0) is 4.79 Å². The molecule has 3 rings (SSSR count). The second-order valence-corrected chi connectivity index (χ2v) is 6.74. The molecular weight excluding hydrogens is 338 g/mol. The summed E-state index contributed by atoms with van der Waals surface area (Å²) in [6.07, 6.45) is 11.5. The van der Waals surface area contributed by atoms with Crippen LogP contribution in [0.4, 0.5) is 5.69 Å². The first-order valence-electron chi connectivity index (χ1n) is 9.52. The molecule has 0 saturated carbocycles. The van der Waals surface area contributed by atoms with Gasteiger partial charge in [-0.15, -0.1) is 0 Å². The predicted octanol–water partition coefficient (Wildman–Crippen LogP) is 4.20. The van der Waals surface area contributed by atoms with Crippen LogP contribution in [0.5, 0.6) is 5.75 Å². The number of hydrogen-bond acceptors (Lipinski definition) is 4. The standard InChI is InChI=1S/C22H27N3O2/c1-27-20-12-10-19(11-13-20)24-21(18-7-6-14-23-17-18)8-5-9-22(26)25-15-3-2-4-16-25/h5-7,9-14,17,21,24H,2-4,8,15-16H2,1H3/b9-5+. The van der Waals surface area contributed by atoms with Crippen molar-refractivity contribution < 1.29 is 9.53 Å². The number of nitrogens with zero attached hydrogens (tertiary/aromatic N) is 2. The average Bonchev–Trinajstić information content (AvgIpc) is 2.74. The Bertz CT molecular complexity index is 738. The maximum absolute atomic E-state index is 12.3. The lowest BCUT2D eigenvalue weighted by molar-refractivity contribution is -0.126. The predicted molar refractivity (Wildman–Crippen MR) is 108 cm³/mol. The number of rotatable bonds is 7. The Kier molecular flexibility index (Phi) is 6.85. The number of hydrogen-bond donors (Lipinski definition) is 1. The third kappa shape index (κ3) is 5.58. The molecule has 1 unspecified atom stereocenters. The van der Waals surface area contributed by atoms with Gasteiger partial charge in [0.15, 0.2) is 0 Å².